The molecule has 0 aliphatic heterocycles. The number of carboxylic acids is 1. The monoisotopic (exact) mass is 256 g/mol. The highest BCUT2D eigenvalue weighted by Crippen LogP contribution is 2.24. The van der Waals surface area contributed by atoms with Gasteiger partial charge in [-0.1, -0.05) is 0 Å². The fraction of sp³-hybridized carbons (Fsp3) is 0.462. The first kappa shape index (κ1) is 13.8. The average Bonchev–Trinajstić information content (AvgIpc) is 2.22. The molecule has 4 heteroatoms. The standard InChI is InChI=1S/C13H17ClO3/c1-8-4-11(17-3)5-9(2)12(8)6-10(14)7-13(15)16/h4-5,10H,6-7H2,1-3H3,(H,15,16). The maximum Gasteiger partial charge on any atom is 0.304 e. The van der Waals surface area contributed by atoms with Gasteiger partial charge in [0.1, 0.15) is 5.75 Å². The number of halogens is 1. The summed E-state index contributed by atoms with van der Waals surface area (Å²) in [5, 5.41) is 8.30. The summed E-state index contributed by atoms with van der Waals surface area (Å²) in [6.07, 6.45) is 0.544. The van der Waals surface area contributed by atoms with E-state index >= 15 is 0 Å². The van der Waals surface area contributed by atoms with Gasteiger partial charge in [-0.15, -0.1) is 11.6 Å². The number of hydrogen-bond acceptors (Lipinski definition) is 2. The van der Waals surface area contributed by atoms with Crippen LogP contribution < -0.4 is 4.74 Å². The van der Waals surface area contributed by atoms with E-state index in [4.69, 9.17) is 21.4 Å². The molecule has 0 spiro atoms. The zero-order chi connectivity index (χ0) is 13.0. The number of carbonyl (C=O) groups is 1. The Bertz CT molecular complexity index is 392. The van der Waals surface area contributed by atoms with E-state index in [0.717, 1.165) is 22.4 Å². The van der Waals surface area contributed by atoms with Crippen LogP contribution in [-0.2, 0) is 11.2 Å². The lowest BCUT2D eigenvalue weighted by Gasteiger charge is -2.14. The molecule has 3 nitrogen and oxygen atoms in total. The number of methoxy groups -OCH3 is 1. The Hall–Kier alpha value is -1.22. The fourth-order valence-corrected chi connectivity index (χ4v) is 2.16. The maximum absolute atomic E-state index is 10.6. The van der Waals surface area contributed by atoms with Crippen LogP contribution in [0.3, 0.4) is 0 Å². The molecule has 0 heterocycles. The van der Waals surface area contributed by atoms with Gasteiger partial charge in [0.05, 0.1) is 13.5 Å². The highest BCUT2D eigenvalue weighted by atomic mass is 35.5. The van der Waals surface area contributed by atoms with Crippen molar-refractivity contribution in [2.45, 2.75) is 32.1 Å². The summed E-state index contributed by atoms with van der Waals surface area (Å²) in [6.45, 7) is 3.96. The van der Waals surface area contributed by atoms with Gasteiger partial charge in [-0.05, 0) is 49.1 Å². The second-order valence-corrected chi connectivity index (χ2v) is 4.76. The molecule has 0 aromatic heterocycles. The number of hydrogen-bond donors (Lipinski definition) is 1. The molecule has 0 bridgehead atoms. The molecule has 1 rings (SSSR count). The molecule has 0 aliphatic carbocycles. The lowest BCUT2D eigenvalue weighted by molar-refractivity contribution is -0.137. The van der Waals surface area contributed by atoms with Crippen molar-refractivity contribution in [3.63, 3.8) is 0 Å². The van der Waals surface area contributed by atoms with Gasteiger partial charge in [-0.3, -0.25) is 4.79 Å². The van der Waals surface area contributed by atoms with E-state index in [1.807, 2.05) is 26.0 Å². The van der Waals surface area contributed by atoms with Crippen LogP contribution in [0, 0.1) is 13.8 Å². The van der Waals surface area contributed by atoms with Crippen LogP contribution in [0.25, 0.3) is 0 Å². The summed E-state index contributed by atoms with van der Waals surface area (Å²) >= 11 is 6.02. The minimum atomic E-state index is -0.867. The van der Waals surface area contributed by atoms with E-state index in [0.29, 0.717) is 6.42 Å². The summed E-state index contributed by atoms with van der Waals surface area (Å²) in [7, 11) is 1.63. The van der Waals surface area contributed by atoms with Gasteiger partial charge in [0.2, 0.25) is 0 Å². The third-order valence-electron chi connectivity index (χ3n) is 2.73. The summed E-state index contributed by atoms with van der Waals surface area (Å²) in [6, 6.07) is 3.87. The smallest absolute Gasteiger partial charge is 0.304 e. The predicted octanol–water partition coefficient (Wildman–Crippen LogP) is 2.94. The normalized spacial score (nSPS) is 12.2. The van der Waals surface area contributed by atoms with Crippen LogP contribution in [0.15, 0.2) is 12.1 Å². The molecule has 1 unspecified atom stereocenters. The molecule has 0 aliphatic rings. The number of carboxylic acid groups (broad SMARTS) is 1. The molecule has 0 radical (unpaired) electrons. The van der Waals surface area contributed by atoms with E-state index in [2.05, 4.69) is 0 Å². The van der Waals surface area contributed by atoms with E-state index < -0.39 is 5.97 Å². The minimum Gasteiger partial charge on any atom is -0.497 e. The van der Waals surface area contributed by atoms with Gasteiger partial charge in [0.15, 0.2) is 0 Å². The molecule has 1 aromatic carbocycles. The highest BCUT2D eigenvalue weighted by molar-refractivity contribution is 6.21. The second-order valence-electron chi connectivity index (χ2n) is 4.14. The minimum absolute atomic E-state index is 0.0214. The Balaban J connectivity index is 2.87. The molecule has 94 valence electrons. The Labute approximate surface area is 106 Å². The van der Waals surface area contributed by atoms with E-state index in [1.165, 1.54) is 0 Å². The van der Waals surface area contributed by atoms with Crippen molar-refractivity contribution in [2.24, 2.45) is 0 Å². The molecule has 0 fully saturated rings. The first-order chi connectivity index (χ1) is 7.93. The van der Waals surface area contributed by atoms with Crippen molar-refractivity contribution in [1.82, 2.24) is 0 Å². The number of aliphatic carboxylic acids is 1. The van der Waals surface area contributed by atoms with Crippen LogP contribution in [0.2, 0.25) is 0 Å². The number of rotatable bonds is 5. The molecule has 0 saturated carbocycles. The molecule has 1 N–H and O–H groups in total. The predicted molar refractivity (Wildman–Crippen MR) is 68.1 cm³/mol. The first-order valence-electron chi connectivity index (χ1n) is 5.44. The van der Waals surface area contributed by atoms with Crippen LogP contribution in [0.4, 0.5) is 0 Å². The van der Waals surface area contributed by atoms with Crippen LogP contribution >= 0.6 is 11.6 Å². The number of alkyl halides is 1. The van der Waals surface area contributed by atoms with Crippen molar-refractivity contribution in [3.05, 3.63) is 28.8 Å². The van der Waals surface area contributed by atoms with Crippen LogP contribution in [0.5, 0.6) is 5.75 Å². The highest BCUT2D eigenvalue weighted by Gasteiger charge is 2.14. The topological polar surface area (TPSA) is 46.5 Å². The van der Waals surface area contributed by atoms with Gasteiger partial charge in [0, 0.05) is 5.38 Å². The number of benzene rings is 1. The number of ether oxygens (including phenoxy) is 1. The van der Waals surface area contributed by atoms with Crippen molar-refractivity contribution in [1.29, 1.82) is 0 Å². The molecular formula is C13H17ClO3. The second kappa shape index (κ2) is 5.92. The summed E-state index contributed by atoms with van der Waals surface area (Å²) < 4.78 is 5.17. The lowest BCUT2D eigenvalue weighted by atomic mass is 9.97. The molecular weight excluding hydrogens is 240 g/mol. The Morgan fingerprint density at radius 3 is 2.35 bits per heavy atom. The van der Waals surface area contributed by atoms with Crippen molar-refractivity contribution >= 4 is 17.6 Å². The van der Waals surface area contributed by atoms with Crippen LogP contribution in [-0.4, -0.2) is 23.6 Å². The molecule has 1 atom stereocenters. The maximum atomic E-state index is 10.6. The molecule has 17 heavy (non-hydrogen) atoms. The molecule has 1 aromatic rings. The molecule has 0 amide bonds. The van der Waals surface area contributed by atoms with Gasteiger partial charge in [0.25, 0.3) is 0 Å². The van der Waals surface area contributed by atoms with Crippen molar-refractivity contribution in [3.8, 4) is 5.75 Å². The fourth-order valence-electron chi connectivity index (χ4n) is 1.88. The lowest BCUT2D eigenvalue weighted by Crippen LogP contribution is -2.11. The average molecular weight is 257 g/mol. The summed E-state index contributed by atoms with van der Waals surface area (Å²) in [5.74, 6) is -0.0538. The van der Waals surface area contributed by atoms with Crippen molar-refractivity contribution < 1.29 is 14.6 Å². The first-order valence-corrected chi connectivity index (χ1v) is 5.87. The van der Waals surface area contributed by atoms with Crippen LogP contribution in [0.1, 0.15) is 23.1 Å². The Morgan fingerprint density at radius 1 is 1.41 bits per heavy atom. The Morgan fingerprint density at radius 2 is 1.94 bits per heavy atom. The third kappa shape index (κ3) is 3.93. The van der Waals surface area contributed by atoms with Gasteiger partial charge in [-0.2, -0.15) is 0 Å². The largest absolute Gasteiger partial charge is 0.497 e. The van der Waals surface area contributed by atoms with Crippen molar-refractivity contribution in [2.75, 3.05) is 7.11 Å². The van der Waals surface area contributed by atoms with E-state index in [-0.39, 0.29) is 11.8 Å². The quantitative estimate of drug-likeness (QED) is 0.824. The van der Waals surface area contributed by atoms with E-state index in [9.17, 15) is 4.79 Å². The SMILES string of the molecule is COc1cc(C)c(CC(Cl)CC(=O)O)c(C)c1. The van der Waals surface area contributed by atoms with Gasteiger partial charge >= 0.3 is 5.97 Å². The zero-order valence-electron chi connectivity index (χ0n) is 10.3. The molecule has 0 saturated heterocycles. The third-order valence-corrected chi connectivity index (χ3v) is 3.04. The van der Waals surface area contributed by atoms with Gasteiger partial charge in [-0.25, -0.2) is 0 Å². The number of aryl methyl sites for hydroxylation is 2. The zero-order valence-corrected chi connectivity index (χ0v) is 11.0. The van der Waals surface area contributed by atoms with Gasteiger partial charge < -0.3 is 9.84 Å². The van der Waals surface area contributed by atoms with E-state index in [1.54, 1.807) is 7.11 Å². The summed E-state index contributed by atoms with van der Waals surface area (Å²) in [4.78, 5) is 10.6. The Kier molecular flexibility index (Phi) is 4.82. The summed E-state index contributed by atoms with van der Waals surface area (Å²) in [5.41, 5.74) is 3.27.